The third kappa shape index (κ3) is 6.67. The van der Waals surface area contributed by atoms with Gasteiger partial charge in [0.2, 0.25) is 0 Å². The van der Waals surface area contributed by atoms with Crippen LogP contribution in [0.15, 0.2) is 0 Å². The van der Waals surface area contributed by atoms with E-state index < -0.39 is 59.4 Å². The summed E-state index contributed by atoms with van der Waals surface area (Å²) in [6.45, 7) is 22.3. The molecule has 10 nitrogen and oxygen atoms in total. The van der Waals surface area contributed by atoms with Gasteiger partial charge in [-0.05, 0) is 122 Å². The van der Waals surface area contributed by atoms with E-state index in [1.54, 1.807) is 0 Å². The summed E-state index contributed by atoms with van der Waals surface area (Å²) >= 11 is 0. The molecule has 3 aliphatic heterocycles. The number of phosphoric ester groups is 1. The molecule has 0 bridgehead atoms. The Hall–Kier alpha value is -0.130. The molecule has 3 radical (unpaired) electrons. The fourth-order valence-corrected chi connectivity index (χ4v) is 9.05. The van der Waals surface area contributed by atoms with Crippen molar-refractivity contribution in [2.24, 2.45) is 0 Å². The monoisotopic (exact) mass is 560 g/mol. The molecular formula is C27H51N3O7P. The summed E-state index contributed by atoms with van der Waals surface area (Å²) in [7, 11) is -4.18. The smallest absolute Gasteiger partial charge is 0.283 e. The van der Waals surface area contributed by atoms with Crippen LogP contribution >= 0.6 is 7.82 Å². The van der Waals surface area contributed by atoms with Gasteiger partial charge < -0.3 is 0 Å². The molecule has 221 valence electrons. The van der Waals surface area contributed by atoms with Crippen molar-refractivity contribution in [2.75, 3.05) is 0 Å². The van der Waals surface area contributed by atoms with Crippen LogP contribution in [0.4, 0.5) is 0 Å². The fraction of sp³-hybridized carbons (Fsp3) is 1.00. The Morgan fingerprint density at radius 3 is 0.763 bits per heavy atom. The predicted molar refractivity (Wildman–Crippen MR) is 142 cm³/mol. The maximum absolute atomic E-state index is 14.6. The molecule has 0 aromatic carbocycles. The summed E-state index contributed by atoms with van der Waals surface area (Å²) in [4.78, 5) is 0. The molecule has 0 atom stereocenters. The van der Waals surface area contributed by atoms with Gasteiger partial charge in [0.05, 0.1) is 18.3 Å². The number of rotatable bonds is 6. The molecule has 0 spiro atoms. The Balaban J connectivity index is 1.92. The van der Waals surface area contributed by atoms with E-state index in [0.717, 1.165) is 15.2 Å². The molecule has 3 saturated heterocycles. The topological polar surface area (TPSA) is 114 Å². The summed E-state index contributed by atoms with van der Waals surface area (Å²) in [5.41, 5.74) is -4.37. The van der Waals surface area contributed by atoms with Crippen LogP contribution in [0.2, 0.25) is 0 Å². The first-order valence-electron chi connectivity index (χ1n) is 13.9. The first-order valence-corrected chi connectivity index (χ1v) is 15.4. The Kier molecular flexibility index (Phi) is 8.52. The fourth-order valence-electron chi connectivity index (χ4n) is 7.36. The van der Waals surface area contributed by atoms with Gasteiger partial charge in [0.25, 0.3) is 0 Å². The number of piperidine rings is 3. The van der Waals surface area contributed by atoms with E-state index in [1.807, 2.05) is 83.1 Å². The standard InChI is InChI=1S/C27H51N3O7P/c1-22(2)13-19(14-23(3,4)28(22)31)35-38(34,36-20-15-24(5,6)29(32)25(7,8)16-20)37-21-17-26(9,10)30(33)27(11,12)18-21/h19-21H,13-18H2,1-12H3. The number of hydrogen-bond donors (Lipinski definition) is 0. The molecule has 38 heavy (non-hydrogen) atoms. The van der Waals surface area contributed by atoms with E-state index in [9.17, 15) is 20.2 Å². The van der Waals surface area contributed by atoms with E-state index in [4.69, 9.17) is 13.6 Å². The van der Waals surface area contributed by atoms with Crippen LogP contribution in [0.1, 0.15) is 122 Å². The third-order valence-corrected chi connectivity index (χ3v) is 10.2. The lowest BCUT2D eigenvalue weighted by atomic mass is 9.80. The largest absolute Gasteiger partial charge is 0.475 e. The van der Waals surface area contributed by atoms with E-state index in [1.165, 1.54) is 0 Å². The van der Waals surface area contributed by atoms with Crippen molar-refractivity contribution in [2.45, 2.75) is 173 Å². The highest BCUT2D eigenvalue weighted by Crippen LogP contribution is 2.59. The molecule has 0 saturated carbocycles. The third-order valence-electron chi connectivity index (χ3n) is 8.50. The summed E-state index contributed by atoms with van der Waals surface area (Å²) in [5.74, 6) is 0. The second-order valence-electron chi connectivity index (χ2n) is 15.6. The zero-order valence-electron chi connectivity index (χ0n) is 25.6. The van der Waals surface area contributed by atoms with Gasteiger partial charge in [-0.3, -0.25) is 13.6 Å². The first-order chi connectivity index (χ1) is 16.8. The van der Waals surface area contributed by atoms with Crippen molar-refractivity contribution in [3.05, 3.63) is 0 Å². The molecule has 0 unspecified atom stereocenters. The molecule has 3 heterocycles. The number of nitrogens with zero attached hydrogens (tertiary/aromatic N) is 3. The summed E-state index contributed by atoms with van der Waals surface area (Å²) in [6, 6.07) is 0. The Morgan fingerprint density at radius 2 is 0.605 bits per heavy atom. The van der Waals surface area contributed by atoms with Gasteiger partial charge in [-0.2, -0.15) is 0 Å². The lowest BCUT2D eigenvalue weighted by Gasteiger charge is -2.52. The second-order valence-corrected chi connectivity index (χ2v) is 17.1. The van der Waals surface area contributed by atoms with Gasteiger partial charge in [-0.15, -0.1) is 30.8 Å². The van der Waals surface area contributed by atoms with Gasteiger partial charge in [0.1, 0.15) is 0 Å². The first kappa shape index (κ1) is 32.4. The maximum Gasteiger partial charge on any atom is 0.475 e. The van der Waals surface area contributed by atoms with Crippen molar-refractivity contribution in [1.29, 1.82) is 0 Å². The van der Waals surface area contributed by atoms with E-state index >= 15 is 0 Å². The minimum atomic E-state index is -4.18. The maximum atomic E-state index is 14.6. The Morgan fingerprint density at radius 1 is 0.447 bits per heavy atom. The second kappa shape index (κ2) is 10.0. The molecule has 3 fully saturated rings. The quantitative estimate of drug-likeness (QED) is 0.353. The van der Waals surface area contributed by atoms with Crippen molar-refractivity contribution in [3.63, 3.8) is 0 Å². The molecular weight excluding hydrogens is 509 g/mol. The average Bonchev–Trinajstić information content (AvgIpc) is 2.66. The SMILES string of the molecule is CC1(C)CC(OP(=O)(OC2CC(C)(C)N([O])C(C)(C)C2)OC2CC(C)(C)N([O])C(C)(C)C2)CC(C)(C)N1[O]. The van der Waals surface area contributed by atoms with Crippen molar-refractivity contribution < 1.29 is 33.8 Å². The van der Waals surface area contributed by atoms with Gasteiger partial charge in [0, 0.05) is 33.2 Å². The molecule has 0 amide bonds. The summed E-state index contributed by atoms with van der Waals surface area (Å²) in [6.07, 6.45) is 0.591. The lowest BCUT2D eigenvalue weighted by Crippen LogP contribution is -2.60. The van der Waals surface area contributed by atoms with Crippen LogP contribution in [0, 0.1) is 0 Å². The molecule has 0 aromatic rings. The van der Waals surface area contributed by atoms with E-state index in [-0.39, 0.29) is 0 Å². The van der Waals surface area contributed by atoms with Crippen molar-refractivity contribution in [1.82, 2.24) is 15.2 Å². The van der Waals surface area contributed by atoms with Crippen LogP contribution < -0.4 is 0 Å². The van der Waals surface area contributed by atoms with Gasteiger partial charge in [-0.25, -0.2) is 4.57 Å². The number of hydrogen-bond acceptors (Lipinski definition) is 7. The van der Waals surface area contributed by atoms with Crippen LogP contribution in [-0.4, -0.2) is 66.7 Å². The summed E-state index contributed by atoms with van der Waals surface area (Å²) < 4.78 is 33.5. The minimum Gasteiger partial charge on any atom is -0.283 e. The van der Waals surface area contributed by atoms with E-state index in [0.29, 0.717) is 38.5 Å². The highest BCUT2D eigenvalue weighted by Gasteiger charge is 2.54. The van der Waals surface area contributed by atoms with Gasteiger partial charge in [0.15, 0.2) is 0 Å². The van der Waals surface area contributed by atoms with Crippen LogP contribution in [0.5, 0.6) is 0 Å². The van der Waals surface area contributed by atoms with Crippen LogP contribution in [0.25, 0.3) is 0 Å². The molecule has 0 aliphatic carbocycles. The zero-order valence-corrected chi connectivity index (χ0v) is 26.5. The van der Waals surface area contributed by atoms with E-state index in [2.05, 4.69) is 0 Å². The predicted octanol–water partition coefficient (Wildman–Crippen LogP) is 6.25. The molecule has 0 N–H and O–H groups in total. The van der Waals surface area contributed by atoms with Gasteiger partial charge >= 0.3 is 7.82 Å². The number of hydroxylamine groups is 6. The van der Waals surface area contributed by atoms with Crippen molar-refractivity contribution in [3.8, 4) is 0 Å². The van der Waals surface area contributed by atoms with Crippen molar-refractivity contribution >= 4 is 7.82 Å². The Bertz CT molecular complexity index is 752. The minimum absolute atomic E-state index is 0.364. The molecule has 0 aromatic heterocycles. The highest BCUT2D eigenvalue weighted by molar-refractivity contribution is 7.48. The zero-order chi connectivity index (χ0) is 29.3. The Labute approximate surface area is 230 Å². The van der Waals surface area contributed by atoms with Crippen LogP contribution in [0.3, 0.4) is 0 Å². The van der Waals surface area contributed by atoms with Crippen LogP contribution in [-0.2, 0) is 33.8 Å². The number of phosphoric acid groups is 1. The van der Waals surface area contributed by atoms with Gasteiger partial charge in [-0.1, -0.05) is 0 Å². The normalized spacial score (nSPS) is 30.9. The molecule has 3 aliphatic rings. The highest BCUT2D eigenvalue weighted by atomic mass is 31.2. The summed E-state index contributed by atoms with van der Waals surface area (Å²) in [5, 5.41) is 42.0. The molecule has 3 rings (SSSR count). The molecule has 11 heteroatoms. The lowest BCUT2D eigenvalue weighted by molar-refractivity contribution is -0.303. The average molecular weight is 561 g/mol.